The second-order valence-corrected chi connectivity index (χ2v) is 4.93. The van der Waals surface area contributed by atoms with E-state index in [1.165, 1.54) is 0 Å². The molecule has 0 saturated carbocycles. The summed E-state index contributed by atoms with van der Waals surface area (Å²) >= 11 is 9.74. The molecule has 0 spiro atoms. The van der Waals surface area contributed by atoms with Crippen molar-refractivity contribution >= 4 is 41.6 Å². The second kappa shape index (κ2) is 6.32. The molecule has 0 radical (unpaired) electrons. The zero-order valence-corrected chi connectivity index (χ0v) is 12.4. The number of hydrogen-bond acceptors (Lipinski definition) is 4. The maximum absolute atomic E-state index is 14.1. The van der Waals surface area contributed by atoms with E-state index in [4.69, 9.17) is 11.6 Å². The Morgan fingerprint density at radius 3 is 2.57 bits per heavy atom. The first-order chi connectivity index (χ1) is 9.95. The minimum atomic E-state index is -1.23. The Hall–Kier alpha value is -1.79. The second-order valence-electron chi connectivity index (χ2n) is 4.04. The highest BCUT2D eigenvalue weighted by atomic mass is 35.5. The summed E-state index contributed by atoms with van der Waals surface area (Å²) in [4.78, 5) is 11.4. The molecule has 110 valence electrons. The van der Waals surface area contributed by atoms with Crippen LogP contribution in [0.1, 0.15) is 10.4 Å². The minimum absolute atomic E-state index is 0.179. The highest BCUT2D eigenvalue weighted by Crippen LogP contribution is 2.32. The van der Waals surface area contributed by atoms with Crippen molar-refractivity contribution in [3.05, 3.63) is 52.6 Å². The number of halogens is 3. The van der Waals surface area contributed by atoms with Crippen LogP contribution >= 0.6 is 24.2 Å². The van der Waals surface area contributed by atoms with E-state index in [-0.39, 0.29) is 16.1 Å². The number of anilines is 2. The lowest BCUT2D eigenvalue weighted by atomic mass is 10.1. The molecule has 0 bridgehead atoms. The van der Waals surface area contributed by atoms with Gasteiger partial charge < -0.3 is 10.1 Å². The summed E-state index contributed by atoms with van der Waals surface area (Å²) in [5, 5.41) is 2.91. The quantitative estimate of drug-likeness (QED) is 0.646. The van der Waals surface area contributed by atoms with Crippen molar-refractivity contribution in [2.45, 2.75) is 4.90 Å². The van der Waals surface area contributed by atoms with Gasteiger partial charge in [0.2, 0.25) is 0 Å². The number of methoxy groups -OCH3 is 1. The average molecular weight is 330 g/mol. The standard InChI is InChI=1S/C14H10ClF2NO2S/c1-20-14(19)7-6-10(21)11(16)12(17)13(7)18-9-5-3-2-4-8(9)15/h2-6,18,21H,1H3. The molecule has 0 aromatic heterocycles. The topological polar surface area (TPSA) is 38.3 Å². The molecule has 0 atom stereocenters. The van der Waals surface area contributed by atoms with E-state index >= 15 is 0 Å². The predicted molar refractivity (Wildman–Crippen MR) is 79.7 cm³/mol. The predicted octanol–water partition coefficient (Wildman–Crippen LogP) is 4.44. The molecule has 3 nitrogen and oxygen atoms in total. The summed E-state index contributed by atoms with van der Waals surface area (Å²) in [6.07, 6.45) is 0. The fourth-order valence-corrected chi connectivity index (χ4v) is 2.11. The van der Waals surface area contributed by atoms with E-state index in [1.807, 2.05) is 0 Å². The van der Waals surface area contributed by atoms with Gasteiger partial charge in [0.25, 0.3) is 0 Å². The van der Waals surface area contributed by atoms with Crippen molar-refractivity contribution in [2.24, 2.45) is 0 Å². The van der Waals surface area contributed by atoms with Crippen LogP contribution in [0.15, 0.2) is 35.2 Å². The fourth-order valence-electron chi connectivity index (χ4n) is 1.70. The summed E-state index contributed by atoms with van der Waals surface area (Å²) < 4.78 is 32.3. The number of rotatable bonds is 3. The van der Waals surface area contributed by atoms with Crippen LogP contribution in [-0.4, -0.2) is 13.1 Å². The molecule has 0 amide bonds. The first-order valence-electron chi connectivity index (χ1n) is 5.76. The molecule has 0 fully saturated rings. The maximum atomic E-state index is 14.1. The number of esters is 1. The summed E-state index contributed by atoms with van der Waals surface area (Å²) in [5.74, 6) is -3.22. The van der Waals surface area contributed by atoms with Gasteiger partial charge in [-0.25, -0.2) is 13.6 Å². The highest BCUT2D eigenvalue weighted by Gasteiger charge is 2.22. The third-order valence-electron chi connectivity index (χ3n) is 2.73. The summed E-state index contributed by atoms with van der Waals surface area (Å²) in [6.45, 7) is 0. The molecule has 0 heterocycles. The van der Waals surface area contributed by atoms with Gasteiger partial charge in [0.05, 0.1) is 29.1 Å². The van der Waals surface area contributed by atoms with Gasteiger partial charge in [-0.1, -0.05) is 23.7 Å². The third kappa shape index (κ3) is 3.11. The molecule has 0 aliphatic carbocycles. The van der Waals surface area contributed by atoms with Gasteiger partial charge in [0.15, 0.2) is 11.6 Å². The van der Waals surface area contributed by atoms with Crippen LogP contribution in [0.3, 0.4) is 0 Å². The summed E-state index contributed by atoms with van der Waals surface area (Å²) in [6, 6.07) is 7.57. The molecule has 0 saturated heterocycles. The third-order valence-corrected chi connectivity index (χ3v) is 3.38. The van der Waals surface area contributed by atoms with E-state index in [1.54, 1.807) is 24.3 Å². The number of nitrogens with one attached hydrogen (secondary N) is 1. The van der Waals surface area contributed by atoms with E-state index in [0.29, 0.717) is 10.7 Å². The van der Waals surface area contributed by atoms with Crippen molar-refractivity contribution in [2.75, 3.05) is 12.4 Å². The van der Waals surface area contributed by atoms with E-state index < -0.39 is 17.6 Å². The zero-order valence-electron chi connectivity index (χ0n) is 10.8. The van der Waals surface area contributed by atoms with E-state index in [9.17, 15) is 13.6 Å². The number of carbonyl (C=O) groups excluding carboxylic acids is 1. The lowest BCUT2D eigenvalue weighted by Crippen LogP contribution is -2.09. The van der Waals surface area contributed by atoms with Crippen molar-refractivity contribution in [3.63, 3.8) is 0 Å². The number of thiol groups is 1. The maximum Gasteiger partial charge on any atom is 0.340 e. The molecule has 2 rings (SSSR count). The monoisotopic (exact) mass is 329 g/mol. The van der Waals surface area contributed by atoms with Crippen LogP contribution in [0.4, 0.5) is 20.2 Å². The molecule has 7 heteroatoms. The molecule has 0 aliphatic rings. The number of para-hydroxylation sites is 1. The molecule has 0 unspecified atom stereocenters. The normalized spacial score (nSPS) is 10.3. The lowest BCUT2D eigenvalue weighted by Gasteiger charge is -2.14. The van der Waals surface area contributed by atoms with Gasteiger partial charge in [-0.2, -0.15) is 0 Å². The Kier molecular flexibility index (Phi) is 4.69. The Morgan fingerprint density at radius 1 is 1.29 bits per heavy atom. The minimum Gasteiger partial charge on any atom is -0.465 e. The van der Waals surface area contributed by atoms with Crippen molar-refractivity contribution in [1.82, 2.24) is 0 Å². The zero-order chi connectivity index (χ0) is 15.6. The van der Waals surface area contributed by atoms with Crippen LogP contribution < -0.4 is 5.32 Å². The Bertz CT molecular complexity index is 710. The van der Waals surface area contributed by atoms with Crippen molar-refractivity contribution in [1.29, 1.82) is 0 Å². The molecule has 1 N–H and O–H groups in total. The lowest BCUT2D eigenvalue weighted by molar-refractivity contribution is 0.0601. The number of carbonyl (C=O) groups is 1. The van der Waals surface area contributed by atoms with Gasteiger partial charge in [-0.05, 0) is 18.2 Å². The van der Waals surface area contributed by atoms with Gasteiger partial charge >= 0.3 is 5.97 Å². The average Bonchev–Trinajstić information content (AvgIpc) is 2.48. The fraction of sp³-hybridized carbons (Fsp3) is 0.0714. The van der Waals surface area contributed by atoms with Gasteiger partial charge in [-0.15, -0.1) is 12.6 Å². The van der Waals surface area contributed by atoms with Crippen LogP contribution in [-0.2, 0) is 4.74 Å². The molecular weight excluding hydrogens is 320 g/mol. The van der Waals surface area contributed by atoms with E-state index in [0.717, 1.165) is 13.2 Å². The largest absolute Gasteiger partial charge is 0.465 e. The van der Waals surface area contributed by atoms with Crippen LogP contribution in [0.25, 0.3) is 0 Å². The van der Waals surface area contributed by atoms with Crippen molar-refractivity contribution in [3.8, 4) is 0 Å². The SMILES string of the molecule is COC(=O)c1cc(S)c(F)c(F)c1Nc1ccccc1Cl. The smallest absolute Gasteiger partial charge is 0.340 e. The summed E-state index contributed by atoms with van der Waals surface area (Å²) in [5.41, 5.74) is -0.207. The Balaban J connectivity index is 2.59. The number of benzene rings is 2. The molecule has 0 aliphatic heterocycles. The first-order valence-corrected chi connectivity index (χ1v) is 6.59. The molecule has 2 aromatic rings. The van der Waals surface area contributed by atoms with Gasteiger partial charge in [-0.3, -0.25) is 0 Å². The summed E-state index contributed by atoms with van der Waals surface area (Å²) in [7, 11) is 1.14. The molecular formula is C14H10ClF2NO2S. The van der Waals surface area contributed by atoms with Crippen molar-refractivity contribution < 1.29 is 18.3 Å². The first kappa shape index (κ1) is 15.6. The Morgan fingerprint density at radius 2 is 1.95 bits per heavy atom. The number of ether oxygens (including phenoxy) is 1. The van der Waals surface area contributed by atoms with E-state index in [2.05, 4.69) is 22.7 Å². The highest BCUT2D eigenvalue weighted by molar-refractivity contribution is 7.80. The van der Waals surface area contributed by atoms with Crippen LogP contribution in [0.2, 0.25) is 5.02 Å². The van der Waals surface area contributed by atoms with Gasteiger partial charge in [0.1, 0.15) is 0 Å². The molecule has 2 aromatic carbocycles. The molecule has 21 heavy (non-hydrogen) atoms. The van der Waals surface area contributed by atoms with Crippen LogP contribution in [0, 0.1) is 11.6 Å². The Labute approximate surface area is 130 Å². The van der Waals surface area contributed by atoms with Gasteiger partial charge in [0, 0.05) is 4.90 Å². The van der Waals surface area contributed by atoms with Crippen LogP contribution in [0.5, 0.6) is 0 Å². The number of hydrogen-bond donors (Lipinski definition) is 2.